The Morgan fingerprint density at radius 2 is 1.86 bits per heavy atom. The molecule has 1 saturated heterocycles. The Bertz CT molecular complexity index is 655. The molecule has 28 heavy (non-hydrogen) atoms. The number of ether oxygens (including phenoxy) is 2. The minimum Gasteiger partial charge on any atom is -0.381 e. The predicted molar refractivity (Wildman–Crippen MR) is 105 cm³/mol. The molecule has 2 N–H and O–H groups in total. The van der Waals surface area contributed by atoms with E-state index in [1.165, 1.54) is 6.26 Å². The molecule has 9 heteroatoms. The van der Waals surface area contributed by atoms with Crippen LogP contribution < -0.4 is 5.73 Å². The fraction of sp³-hybridized carbons (Fsp3) is 0.632. The molecule has 2 rings (SSSR count). The number of nitrogens with zero attached hydrogens (tertiary/aromatic N) is 1. The summed E-state index contributed by atoms with van der Waals surface area (Å²) in [6.07, 6.45) is 4.49. The maximum absolute atomic E-state index is 13.9. The van der Waals surface area contributed by atoms with Gasteiger partial charge in [0.15, 0.2) is 0 Å². The SMILES string of the molecule is CCCN(Cc1cc(F)c(CC(N)=O)cc1F)S(C)=O.COC1CCOCC1. The molecule has 0 aliphatic carbocycles. The Morgan fingerprint density at radius 1 is 1.29 bits per heavy atom. The zero-order valence-corrected chi connectivity index (χ0v) is 17.5. The van der Waals surface area contributed by atoms with Crippen LogP contribution in [-0.4, -0.2) is 53.6 Å². The summed E-state index contributed by atoms with van der Waals surface area (Å²) in [5.74, 6) is -2.04. The maximum atomic E-state index is 13.9. The third kappa shape index (κ3) is 8.72. The van der Waals surface area contributed by atoms with Gasteiger partial charge in [0, 0.05) is 50.8 Å². The lowest BCUT2D eigenvalue weighted by Crippen LogP contribution is -2.26. The first-order valence-corrected chi connectivity index (χ1v) is 10.7. The summed E-state index contributed by atoms with van der Waals surface area (Å²) in [6.45, 7) is 4.23. The number of rotatable bonds is 8. The van der Waals surface area contributed by atoms with Crippen molar-refractivity contribution >= 4 is 16.9 Å². The van der Waals surface area contributed by atoms with E-state index >= 15 is 0 Å². The molecule has 0 saturated carbocycles. The topological polar surface area (TPSA) is 81.9 Å². The van der Waals surface area contributed by atoms with Crippen LogP contribution in [0.2, 0.25) is 0 Å². The van der Waals surface area contributed by atoms with Crippen LogP contribution >= 0.6 is 0 Å². The average molecular weight is 421 g/mol. The van der Waals surface area contributed by atoms with Crippen molar-refractivity contribution in [3.63, 3.8) is 0 Å². The summed E-state index contributed by atoms with van der Waals surface area (Å²) < 4.78 is 50.9. The monoisotopic (exact) mass is 420 g/mol. The zero-order valence-electron chi connectivity index (χ0n) is 16.7. The third-order valence-corrected chi connectivity index (χ3v) is 5.30. The molecule has 1 unspecified atom stereocenters. The molecular weight excluding hydrogens is 390 g/mol. The summed E-state index contributed by atoms with van der Waals surface area (Å²) in [4.78, 5) is 10.8. The van der Waals surface area contributed by atoms with Crippen LogP contribution in [0, 0.1) is 11.6 Å². The average Bonchev–Trinajstić information content (AvgIpc) is 2.66. The molecule has 1 fully saturated rings. The van der Waals surface area contributed by atoms with Crippen molar-refractivity contribution in [3.8, 4) is 0 Å². The van der Waals surface area contributed by atoms with E-state index in [1.807, 2.05) is 6.92 Å². The fourth-order valence-corrected chi connectivity index (χ4v) is 3.48. The number of nitrogens with two attached hydrogens (primary N) is 1. The molecule has 160 valence electrons. The van der Waals surface area contributed by atoms with Crippen molar-refractivity contribution in [2.24, 2.45) is 5.73 Å². The van der Waals surface area contributed by atoms with E-state index in [-0.39, 0.29) is 24.1 Å². The van der Waals surface area contributed by atoms with E-state index in [0.717, 1.165) is 44.6 Å². The van der Waals surface area contributed by atoms with Gasteiger partial charge in [-0.3, -0.25) is 4.79 Å². The highest BCUT2D eigenvalue weighted by molar-refractivity contribution is 7.81. The number of methoxy groups -OCH3 is 1. The summed E-state index contributed by atoms with van der Waals surface area (Å²) in [5, 5.41) is 0. The minimum atomic E-state index is -1.26. The first kappa shape index (κ1) is 24.6. The lowest BCUT2D eigenvalue weighted by molar-refractivity contribution is -0.117. The number of carbonyl (C=O) groups is 1. The van der Waals surface area contributed by atoms with Gasteiger partial charge in [0.05, 0.1) is 23.5 Å². The first-order chi connectivity index (χ1) is 13.3. The molecule has 6 nitrogen and oxygen atoms in total. The molecule has 0 spiro atoms. The maximum Gasteiger partial charge on any atom is 0.221 e. The largest absolute Gasteiger partial charge is 0.381 e. The summed E-state index contributed by atoms with van der Waals surface area (Å²) in [5.41, 5.74) is 5.00. The Labute approximate surface area is 168 Å². The molecule has 1 aromatic rings. The van der Waals surface area contributed by atoms with Crippen molar-refractivity contribution in [2.45, 2.75) is 45.3 Å². The van der Waals surface area contributed by atoms with Crippen LogP contribution in [0.5, 0.6) is 0 Å². The molecule has 0 radical (unpaired) electrons. The van der Waals surface area contributed by atoms with Crippen LogP contribution in [0.3, 0.4) is 0 Å². The fourth-order valence-electron chi connectivity index (χ4n) is 2.72. The molecule has 1 atom stereocenters. The summed E-state index contributed by atoms with van der Waals surface area (Å²) >= 11 is 0. The van der Waals surface area contributed by atoms with E-state index in [2.05, 4.69) is 0 Å². The van der Waals surface area contributed by atoms with Gasteiger partial charge in [-0.1, -0.05) is 6.92 Å². The molecule has 1 aliphatic rings. The Balaban J connectivity index is 0.000000406. The number of primary amides is 1. The van der Waals surface area contributed by atoms with Crippen LogP contribution in [-0.2, 0) is 38.2 Å². The zero-order chi connectivity index (χ0) is 21.1. The number of amides is 1. The quantitative estimate of drug-likeness (QED) is 0.700. The molecule has 0 bridgehead atoms. The molecule has 1 aromatic carbocycles. The lowest BCUT2D eigenvalue weighted by Gasteiger charge is -2.19. The number of carbonyl (C=O) groups excluding carboxylic acids is 1. The molecule has 0 aromatic heterocycles. The standard InChI is InChI=1S/C13H18F2N2O2S.C6H12O2/c1-3-4-17(20(2)19)8-10-6-11(14)9(5-12(10)15)7-13(16)18;1-7-6-2-4-8-5-3-6/h5-6H,3-4,7-8H2,1-2H3,(H2,16,18);6H,2-5H2,1H3. The van der Waals surface area contributed by atoms with Gasteiger partial charge in [0.1, 0.15) is 11.6 Å². The van der Waals surface area contributed by atoms with E-state index in [1.54, 1.807) is 11.4 Å². The van der Waals surface area contributed by atoms with Gasteiger partial charge in [0.2, 0.25) is 5.91 Å². The second-order valence-corrected chi connectivity index (χ2v) is 7.88. The molecule has 1 amide bonds. The van der Waals surface area contributed by atoms with Crippen LogP contribution in [0.1, 0.15) is 37.3 Å². The van der Waals surface area contributed by atoms with Crippen LogP contribution in [0.15, 0.2) is 12.1 Å². The highest BCUT2D eigenvalue weighted by atomic mass is 32.2. The summed E-state index contributed by atoms with van der Waals surface area (Å²) in [6, 6.07) is 2.00. The van der Waals surface area contributed by atoms with Gasteiger partial charge < -0.3 is 15.2 Å². The van der Waals surface area contributed by atoms with Gasteiger partial charge in [-0.15, -0.1) is 0 Å². The predicted octanol–water partition coefficient (Wildman–Crippen LogP) is 2.31. The first-order valence-electron chi connectivity index (χ1n) is 9.22. The van der Waals surface area contributed by atoms with Crippen LogP contribution in [0.4, 0.5) is 8.78 Å². The Kier molecular flexibility index (Phi) is 11.4. The smallest absolute Gasteiger partial charge is 0.221 e. The molecular formula is C19H30F2N2O4S. The van der Waals surface area contributed by atoms with E-state index in [9.17, 15) is 17.8 Å². The lowest BCUT2D eigenvalue weighted by atomic mass is 10.1. The van der Waals surface area contributed by atoms with E-state index in [4.69, 9.17) is 15.2 Å². The van der Waals surface area contributed by atoms with Gasteiger partial charge >= 0.3 is 0 Å². The van der Waals surface area contributed by atoms with E-state index in [0.29, 0.717) is 12.6 Å². The van der Waals surface area contributed by atoms with Crippen molar-refractivity contribution in [3.05, 3.63) is 34.9 Å². The van der Waals surface area contributed by atoms with Crippen molar-refractivity contribution in [1.82, 2.24) is 4.31 Å². The summed E-state index contributed by atoms with van der Waals surface area (Å²) in [7, 11) is 0.497. The molecule has 1 aliphatic heterocycles. The number of hydrogen-bond donors (Lipinski definition) is 1. The Hall–Kier alpha value is -1.42. The van der Waals surface area contributed by atoms with Gasteiger partial charge in [-0.2, -0.15) is 0 Å². The highest BCUT2D eigenvalue weighted by Crippen LogP contribution is 2.18. The number of hydrogen-bond acceptors (Lipinski definition) is 4. The highest BCUT2D eigenvalue weighted by Gasteiger charge is 2.16. The van der Waals surface area contributed by atoms with Gasteiger partial charge in [-0.25, -0.2) is 17.3 Å². The van der Waals surface area contributed by atoms with Crippen molar-refractivity contribution < 1.29 is 27.3 Å². The van der Waals surface area contributed by atoms with Gasteiger partial charge in [-0.05, 0) is 31.4 Å². The minimum absolute atomic E-state index is 0.0521. The van der Waals surface area contributed by atoms with Crippen LogP contribution in [0.25, 0.3) is 0 Å². The van der Waals surface area contributed by atoms with Gasteiger partial charge in [0.25, 0.3) is 0 Å². The third-order valence-electron chi connectivity index (χ3n) is 4.27. The number of halogens is 2. The number of benzene rings is 1. The van der Waals surface area contributed by atoms with Crippen molar-refractivity contribution in [1.29, 1.82) is 0 Å². The molecule has 1 heterocycles. The Morgan fingerprint density at radius 3 is 2.32 bits per heavy atom. The van der Waals surface area contributed by atoms with Crippen molar-refractivity contribution in [2.75, 3.05) is 33.1 Å². The second-order valence-electron chi connectivity index (χ2n) is 6.51. The normalized spacial score (nSPS) is 15.8. The van der Waals surface area contributed by atoms with E-state index < -0.39 is 28.5 Å². The second kappa shape index (κ2) is 12.9.